The van der Waals surface area contributed by atoms with Crippen LogP contribution in [0.2, 0.25) is 0 Å². The van der Waals surface area contributed by atoms with Gasteiger partial charge < -0.3 is 0 Å². The summed E-state index contributed by atoms with van der Waals surface area (Å²) in [6.07, 6.45) is 2.91. The van der Waals surface area contributed by atoms with Crippen LogP contribution >= 0.6 is 46.4 Å². The van der Waals surface area contributed by atoms with Crippen LogP contribution in [0.25, 0.3) is 0 Å². The minimum absolute atomic E-state index is 0.0529. The molecule has 0 aromatic rings. The largest absolute Gasteiger partial charge is 0.125 e. The van der Waals surface area contributed by atoms with Crippen LogP contribution in [0.4, 0.5) is 0 Å². The molecule has 1 fully saturated rings. The predicted octanol–water partition coefficient (Wildman–Crippen LogP) is 3.85. The highest BCUT2D eigenvalue weighted by atomic mass is 35.5. The lowest BCUT2D eigenvalue weighted by Gasteiger charge is -2.31. The molecule has 12 heavy (non-hydrogen) atoms. The third-order valence-corrected chi connectivity index (χ3v) is 4.53. The highest BCUT2D eigenvalue weighted by molar-refractivity contribution is 6.30. The summed E-state index contributed by atoms with van der Waals surface area (Å²) >= 11 is 23.7. The maximum atomic E-state index is 6.03. The van der Waals surface area contributed by atoms with Gasteiger partial charge in [0.05, 0.1) is 5.38 Å². The molecule has 4 atom stereocenters. The first-order valence-electron chi connectivity index (χ1n) is 4.13. The zero-order valence-corrected chi connectivity index (χ0v) is 9.67. The Morgan fingerprint density at radius 1 is 1.17 bits per heavy atom. The van der Waals surface area contributed by atoms with Gasteiger partial charge in [0.25, 0.3) is 0 Å². The molecule has 0 spiro atoms. The molecule has 4 unspecified atom stereocenters. The molecule has 1 aliphatic carbocycles. The van der Waals surface area contributed by atoms with Gasteiger partial charge >= 0.3 is 0 Å². The lowest BCUT2D eigenvalue weighted by atomic mass is 9.86. The van der Waals surface area contributed by atoms with Crippen LogP contribution in [-0.4, -0.2) is 22.0 Å². The van der Waals surface area contributed by atoms with Gasteiger partial charge in [-0.15, -0.1) is 46.4 Å². The molecule has 0 aliphatic heterocycles. The Labute approximate surface area is 93.5 Å². The number of halogens is 4. The van der Waals surface area contributed by atoms with Crippen molar-refractivity contribution in [1.29, 1.82) is 0 Å². The fraction of sp³-hybridized carbons (Fsp3) is 1.00. The first-order chi connectivity index (χ1) is 5.65. The van der Waals surface area contributed by atoms with Crippen molar-refractivity contribution >= 4 is 46.4 Å². The second kappa shape index (κ2) is 5.14. The second-order valence-electron chi connectivity index (χ2n) is 3.28. The van der Waals surface area contributed by atoms with Crippen molar-refractivity contribution in [2.75, 3.05) is 5.88 Å². The van der Waals surface area contributed by atoms with Crippen LogP contribution in [0.1, 0.15) is 19.3 Å². The van der Waals surface area contributed by atoms with E-state index in [2.05, 4.69) is 0 Å². The van der Waals surface area contributed by atoms with Gasteiger partial charge in [0, 0.05) is 16.6 Å². The standard InChI is InChI=1S/C8H12Cl4/c9-4-8(12)5-1-2-6(10)7(11)3-5/h5-8H,1-4H2. The molecule has 0 N–H and O–H groups in total. The molecular weight excluding hydrogens is 238 g/mol. The second-order valence-corrected chi connectivity index (χ2v) is 5.27. The van der Waals surface area contributed by atoms with E-state index < -0.39 is 0 Å². The van der Waals surface area contributed by atoms with Gasteiger partial charge in [-0.3, -0.25) is 0 Å². The maximum absolute atomic E-state index is 6.03. The van der Waals surface area contributed by atoms with Crippen molar-refractivity contribution in [2.24, 2.45) is 5.92 Å². The summed E-state index contributed by atoms with van der Waals surface area (Å²) in [6, 6.07) is 0. The van der Waals surface area contributed by atoms with Crippen LogP contribution in [-0.2, 0) is 0 Å². The van der Waals surface area contributed by atoms with Crippen LogP contribution in [0.3, 0.4) is 0 Å². The Morgan fingerprint density at radius 2 is 1.83 bits per heavy atom. The smallest absolute Gasteiger partial charge is 0.0502 e. The van der Waals surface area contributed by atoms with Crippen LogP contribution in [0, 0.1) is 5.92 Å². The zero-order valence-electron chi connectivity index (χ0n) is 6.65. The van der Waals surface area contributed by atoms with Crippen molar-refractivity contribution in [3.63, 3.8) is 0 Å². The summed E-state index contributed by atoms with van der Waals surface area (Å²) in [5.41, 5.74) is 0. The van der Waals surface area contributed by atoms with E-state index in [1.807, 2.05) is 0 Å². The number of hydrogen-bond donors (Lipinski definition) is 0. The van der Waals surface area contributed by atoms with Gasteiger partial charge in [0.15, 0.2) is 0 Å². The Bertz CT molecular complexity index is 139. The van der Waals surface area contributed by atoms with Gasteiger partial charge in [-0.2, -0.15) is 0 Å². The first kappa shape index (κ1) is 11.2. The summed E-state index contributed by atoms with van der Waals surface area (Å²) in [6.45, 7) is 0. The third-order valence-electron chi connectivity index (χ3n) is 2.39. The van der Waals surface area contributed by atoms with Crippen molar-refractivity contribution in [3.05, 3.63) is 0 Å². The quantitative estimate of drug-likeness (QED) is 0.653. The molecule has 0 aromatic carbocycles. The minimum atomic E-state index is 0.0529. The van der Waals surface area contributed by atoms with Gasteiger partial charge in [0.1, 0.15) is 0 Å². The average molecular weight is 250 g/mol. The van der Waals surface area contributed by atoms with E-state index in [-0.39, 0.29) is 16.1 Å². The molecule has 0 aromatic heterocycles. The molecule has 0 heterocycles. The van der Waals surface area contributed by atoms with Crippen molar-refractivity contribution in [3.8, 4) is 0 Å². The Kier molecular flexibility index (Phi) is 4.82. The van der Waals surface area contributed by atoms with Gasteiger partial charge in [-0.05, 0) is 25.2 Å². The average Bonchev–Trinajstić information content (AvgIpc) is 2.08. The fourth-order valence-corrected chi connectivity index (χ4v) is 2.63. The van der Waals surface area contributed by atoms with E-state index in [1.165, 1.54) is 0 Å². The van der Waals surface area contributed by atoms with E-state index in [0.29, 0.717) is 11.8 Å². The van der Waals surface area contributed by atoms with Crippen molar-refractivity contribution in [1.82, 2.24) is 0 Å². The molecule has 0 nitrogen and oxygen atoms in total. The zero-order chi connectivity index (χ0) is 9.14. The SMILES string of the molecule is ClCC(Cl)C1CCC(Cl)C(Cl)C1. The monoisotopic (exact) mass is 248 g/mol. The summed E-state index contributed by atoms with van der Waals surface area (Å²) in [7, 11) is 0. The fourth-order valence-electron chi connectivity index (χ4n) is 1.56. The molecule has 0 bridgehead atoms. The molecule has 0 saturated heterocycles. The highest BCUT2D eigenvalue weighted by Gasteiger charge is 2.31. The van der Waals surface area contributed by atoms with Gasteiger partial charge in [-0.1, -0.05) is 0 Å². The summed E-state index contributed by atoms with van der Waals surface area (Å²) in [4.78, 5) is 0. The summed E-state index contributed by atoms with van der Waals surface area (Å²) in [5, 5.41) is 0.231. The number of alkyl halides is 4. The van der Waals surface area contributed by atoms with Crippen LogP contribution in [0.15, 0.2) is 0 Å². The summed E-state index contributed by atoms with van der Waals surface area (Å²) < 4.78 is 0. The molecule has 1 aliphatic rings. The van der Waals surface area contributed by atoms with Gasteiger partial charge in [0.2, 0.25) is 0 Å². The number of hydrogen-bond acceptors (Lipinski definition) is 0. The van der Waals surface area contributed by atoms with Crippen molar-refractivity contribution in [2.45, 2.75) is 35.4 Å². The summed E-state index contributed by atoms with van der Waals surface area (Å²) in [5.74, 6) is 0.949. The molecule has 0 radical (unpaired) electrons. The van der Waals surface area contributed by atoms with E-state index >= 15 is 0 Å². The first-order valence-corrected chi connectivity index (χ1v) is 5.97. The van der Waals surface area contributed by atoms with E-state index in [4.69, 9.17) is 46.4 Å². The maximum Gasteiger partial charge on any atom is 0.0502 e. The highest BCUT2D eigenvalue weighted by Crippen LogP contribution is 2.35. The predicted molar refractivity (Wildman–Crippen MR) is 57.0 cm³/mol. The molecule has 4 heteroatoms. The molecule has 1 saturated carbocycles. The molecule has 0 amide bonds. The molecular formula is C8H12Cl4. The molecule has 1 rings (SSSR count). The van der Waals surface area contributed by atoms with Crippen LogP contribution < -0.4 is 0 Å². The number of rotatable bonds is 2. The Morgan fingerprint density at radius 3 is 2.33 bits per heavy atom. The molecule has 72 valence electrons. The van der Waals surface area contributed by atoms with E-state index in [1.54, 1.807) is 0 Å². The van der Waals surface area contributed by atoms with Crippen molar-refractivity contribution < 1.29 is 0 Å². The van der Waals surface area contributed by atoms with E-state index in [0.717, 1.165) is 19.3 Å². The van der Waals surface area contributed by atoms with Gasteiger partial charge in [-0.25, -0.2) is 0 Å². The lowest BCUT2D eigenvalue weighted by Crippen LogP contribution is -2.31. The normalized spacial score (nSPS) is 39.5. The van der Waals surface area contributed by atoms with E-state index in [9.17, 15) is 0 Å². The third kappa shape index (κ3) is 2.83. The Balaban J connectivity index is 2.39. The minimum Gasteiger partial charge on any atom is -0.125 e. The van der Waals surface area contributed by atoms with Crippen LogP contribution in [0.5, 0.6) is 0 Å². The Hall–Kier alpha value is 1.16. The lowest BCUT2D eigenvalue weighted by molar-refractivity contribution is 0.364. The topological polar surface area (TPSA) is 0 Å².